The van der Waals surface area contributed by atoms with E-state index in [4.69, 9.17) is 14.4 Å². The molecule has 0 atom stereocenters. The van der Waals surface area contributed by atoms with Crippen LogP contribution >= 0.6 is 0 Å². The number of fused-ring (bicyclic) bond motifs is 11. The molecule has 4 aromatic heterocycles. The maximum atomic E-state index is 6.80. The van der Waals surface area contributed by atoms with Gasteiger partial charge in [-0.15, -0.1) is 0 Å². The number of hydrogen-bond acceptors (Lipinski definition) is 3. The molecule has 5 heteroatoms. The molecule has 13 rings (SSSR count). The Labute approximate surface area is 350 Å². The van der Waals surface area contributed by atoms with Crippen LogP contribution in [0.15, 0.2) is 211 Å². The van der Waals surface area contributed by atoms with Crippen LogP contribution in [-0.4, -0.2) is 19.1 Å². The zero-order valence-electron chi connectivity index (χ0n) is 32.8. The third kappa shape index (κ3) is 5.08. The Balaban J connectivity index is 1.06. The van der Waals surface area contributed by atoms with Gasteiger partial charge in [0.25, 0.3) is 0 Å². The monoisotopic (exact) mass is 778 g/mol. The lowest BCUT2D eigenvalue weighted by molar-refractivity contribution is 0.673. The molecule has 0 fully saturated rings. The molecular formula is C56H34N4O. The van der Waals surface area contributed by atoms with E-state index in [1.54, 1.807) is 0 Å². The molecule has 0 N–H and O–H groups in total. The van der Waals surface area contributed by atoms with Crippen molar-refractivity contribution < 1.29 is 4.42 Å². The number of hydrogen-bond donors (Lipinski definition) is 0. The van der Waals surface area contributed by atoms with Crippen molar-refractivity contribution in [3.05, 3.63) is 206 Å². The van der Waals surface area contributed by atoms with Crippen molar-refractivity contribution in [2.24, 2.45) is 0 Å². The molecule has 61 heavy (non-hydrogen) atoms. The van der Waals surface area contributed by atoms with E-state index < -0.39 is 0 Å². The third-order valence-corrected chi connectivity index (χ3v) is 12.3. The van der Waals surface area contributed by atoms with Gasteiger partial charge in [0.05, 0.1) is 38.7 Å². The molecule has 0 aliphatic carbocycles. The van der Waals surface area contributed by atoms with Gasteiger partial charge >= 0.3 is 0 Å². The number of para-hydroxylation sites is 5. The summed E-state index contributed by atoms with van der Waals surface area (Å²) in [4.78, 5) is 10.7. The Morgan fingerprint density at radius 2 is 0.984 bits per heavy atom. The molecule has 0 spiro atoms. The first-order valence-corrected chi connectivity index (χ1v) is 20.7. The van der Waals surface area contributed by atoms with Gasteiger partial charge in [0.15, 0.2) is 0 Å². The number of aromatic nitrogens is 4. The molecule has 9 aromatic carbocycles. The van der Waals surface area contributed by atoms with Crippen molar-refractivity contribution in [3.8, 4) is 45.1 Å². The van der Waals surface area contributed by atoms with Crippen LogP contribution in [0.5, 0.6) is 0 Å². The molecule has 13 aromatic rings. The van der Waals surface area contributed by atoms with Crippen LogP contribution in [0, 0.1) is 0 Å². The molecule has 5 nitrogen and oxygen atoms in total. The second-order valence-electron chi connectivity index (χ2n) is 15.7. The molecule has 0 bridgehead atoms. The van der Waals surface area contributed by atoms with E-state index in [9.17, 15) is 0 Å². The smallest absolute Gasteiger partial charge is 0.235 e. The molecule has 284 valence electrons. The molecule has 0 amide bonds. The van der Waals surface area contributed by atoms with Gasteiger partial charge in [-0.1, -0.05) is 158 Å². The molecule has 0 saturated heterocycles. The van der Waals surface area contributed by atoms with Gasteiger partial charge in [-0.05, 0) is 65.2 Å². The van der Waals surface area contributed by atoms with Crippen LogP contribution in [-0.2, 0) is 0 Å². The van der Waals surface area contributed by atoms with E-state index in [0.29, 0.717) is 5.95 Å². The summed E-state index contributed by atoms with van der Waals surface area (Å²) >= 11 is 0. The number of benzene rings is 9. The molecule has 4 heterocycles. The van der Waals surface area contributed by atoms with Crippen molar-refractivity contribution >= 4 is 76.5 Å². The summed E-state index contributed by atoms with van der Waals surface area (Å²) in [6, 6.07) is 73.1. The Hall–Kier alpha value is -8.28. The lowest BCUT2D eigenvalue weighted by Gasteiger charge is -2.14. The van der Waals surface area contributed by atoms with Crippen molar-refractivity contribution in [2.75, 3.05) is 0 Å². The Morgan fingerprint density at radius 1 is 0.377 bits per heavy atom. The van der Waals surface area contributed by atoms with Crippen LogP contribution in [0.1, 0.15) is 0 Å². The number of rotatable bonds is 5. The van der Waals surface area contributed by atoms with Crippen molar-refractivity contribution in [3.63, 3.8) is 0 Å². The maximum absolute atomic E-state index is 6.80. The van der Waals surface area contributed by atoms with Crippen LogP contribution in [0.3, 0.4) is 0 Å². The minimum atomic E-state index is 0.610. The molecule has 0 aliphatic rings. The second kappa shape index (κ2) is 13.1. The molecule has 0 unspecified atom stereocenters. The minimum absolute atomic E-state index is 0.610. The number of furan rings is 1. The minimum Gasteiger partial charge on any atom is -0.455 e. The highest BCUT2D eigenvalue weighted by molar-refractivity contribution is 6.27. The van der Waals surface area contributed by atoms with Gasteiger partial charge in [0.2, 0.25) is 5.95 Å². The first kappa shape index (κ1) is 33.7. The standard InChI is InChI=1S/C56H34N4O/c1-3-15-37(16-4-1)53-43-21-7-11-23-47(43)57-56(58-53)60-49-25-13-9-22-44(49)52-54(60)45(34-46-42-20-10-14-26-51(42)61-55(46)52)36-29-27-35(28-30-36)38-31-32-41-40-19-8-12-24-48(40)59(50(41)33-38)39-17-5-2-6-18-39/h1-34H. The molecule has 0 aliphatic heterocycles. The Morgan fingerprint density at radius 3 is 1.79 bits per heavy atom. The highest BCUT2D eigenvalue weighted by Gasteiger charge is 2.25. The highest BCUT2D eigenvalue weighted by atomic mass is 16.3. The largest absolute Gasteiger partial charge is 0.455 e. The zero-order chi connectivity index (χ0) is 40.0. The lowest BCUT2D eigenvalue weighted by atomic mass is 9.96. The first-order valence-electron chi connectivity index (χ1n) is 20.7. The number of nitrogens with zero attached hydrogens (tertiary/aromatic N) is 4. The second-order valence-corrected chi connectivity index (χ2v) is 15.7. The average Bonchev–Trinajstić information content (AvgIpc) is 3.99. The lowest BCUT2D eigenvalue weighted by Crippen LogP contribution is -2.04. The predicted molar refractivity (Wildman–Crippen MR) is 252 cm³/mol. The summed E-state index contributed by atoms with van der Waals surface area (Å²) in [7, 11) is 0. The highest BCUT2D eigenvalue weighted by Crippen LogP contribution is 2.46. The van der Waals surface area contributed by atoms with Crippen LogP contribution in [0.25, 0.3) is 122 Å². The molecule has 0 radical (unpaired) electrons. The van der Waals surface area contributed by atoms with Crippen molar-refractivity contribution in [1.29, 1.82) is 0 Å². The quantitative estimate of drug-likeness (QED) is 0.175. The van der Waals surface area contributed by atoms with E-state index in [1.165, 1.54) is 21.8 Å². The van der Waals surface area contributed by atoms with E-state index >= 15 is 0 Å². The van der Waals surface area contributed by atoms with Crippen LogP contribution in [0.4, 0.5) is 0 Å². The summed E-state index contributed by atoms with van der Waals surface area (Å²) in [6.07, 6.45) is 0. The predicted octanol–water partition coefficient (Wildman–Crippen LogP) is 14.7. The summed E-state index contributed by atoms with van der Waals surface area (Å²) in [5.41, 5.74) is 14.6. The average molecular weight is 779 g/mol. The van der Waals surface area contributed by atoms with E-state index in [1.807, 2.05) is 18.2 Å². The van der Waals surface area contributed by atoms with Gasteiger partial charge in [-0.2, -0.15) is 0 Å². The molecule has 0 saturated carbocycles. The van der Waals surface area contributed by atoms with Gasteiger partial charge < -0.3 is 8.98 Å². The maximum Gasteiger partial charge on any atom is 0.235 e. The van der Waals surface area contributed by atoms with Gasteiger partial charge in [-0.25, -0.2) is 9.97 Å². The summed E-state index contributed by atoms with van der Waals surface area (Å²) in [5, 5.41) is 7.79. The fourth-order valence-electron chi connectivity index (χ4n) is 9.59. The van der Waals surface area contributed by atoms with Gasteiger partial charge in [0, 0.05) is 49.1 Å². The van der Waals surface area contributed by atoms with Gasteiger partial charge in [-0.3, -0.25) is 4.57 Å². The third-order valence-electron chi connectivity index (χ3n) is 12.3. The zero-order valence-corrected chi connectivity index (χ0v) is 32.8. The van der Waals surface area contributed by atoms with Crippen molar-refractivity contribution in [2.45, 2.75) is 0 Å². The van der Waals surface area contributed by atoms with Gasteiger partial charge in [0.1, 0.15) is 11.2 Å². The fourth-order valence-corrected chi connectivity index (χ4v) is 9.59. The van der Waals surface area contributed by atoms with Crippen LogP contribution < -0.4 is 0 Å². The summed E-state index contributed by atoms with van der Waals surface area (Å²) in [5.74, 6) is 0.610. The van der Waals surface area contributed by atoms with Crippen LogP contribution in [0.2, 0.25) is 0 Å². The van der Waals surface area contributed by atoms with Crippen molar-refractivity contribution in [1.82, 2.24) is 19.1 Å². The Bertz CT molecular complexity index is 3860. The Kier molecular flexibility index (Phi) is 7.24. The normalized spacial score (nSPS) is 11.9. The van der Waals surface area contributed by atoms with E-state index in [2.05, 4.69) is 197 Å². The first-order chi connectivity index (χ1) is 30.3. The fraction of sp³-hybridized carbons (Fsp3) is 0. The molecular weight excluding hydrogens is 745 g/mol. The topological polar surface area (TPSA) is 48.8 Å². The SMILES string of the molecule is c1ccc(-c2nc(-n3c4ccccc4c4c5oc6ccccc6c5cc(-c5ccc(-c6ccc7c8ccccc8n(-c8ccccc8)c7c6)cc5)c43)nc3ccccc23)cc1. The summed E-state index contributed by atoms with van der Waals surface area (Å²) in [6.45, 7) is 0. The van der Waals surface area contributed by atoms with E-state index in [-0.39, 0.29) is 0 Å². The van der Waals surface area contributed by atoms with E-state index in [0.717, 1.165) is 93.8 Å². The summed E-state index contributed by atoms with van der Waals surface area (Å²) < 4.78 is 11.4.